The van der Waals surface area contributed by atoms with Crippen molar-refractivity contribution >= 4 is 5.65 Å². The lowest BCUT2D eigenvalue weighted by Crippen LogP contribution is -2.44. The molecular weight excluding hydrogens is 268 g/mol. The third kappa shape index (κ3) is 2.79. The van der Waals surface area contributed by atoms with Crippen LogP contribution in [-0.2, 0) is 6.54 Å². The molecule has 2 aromatic rings. The predicted molar refractivity (Wildman–Crippen MR) is 78.9 cm³/mol. The third-order valence-electron chi connectivity index (χ3n) is 4.28. The van der Waals surface area contributed by atoms with Crippen LogP contribution in [0.5, 0.6) is 0 Å². The molecule has 0 spiro atoms. The predicted octanol–water partition coefficient (Wildman–Crippen LogP) is 0.521. The van der Waals surface area contributed by atoms with E-state index in [9.17, 15) is 10.2 Å². The van der Waals surface area contributed by atoms with Gasteiger partial charge in [-0.3, -0.25) is 4.90 Å². The number of hydrogen-bond acceptors (Lipinski definition) is 5. The Kier molecular flexibility index (Phi) is 3.93. The largest absolute Gasteiger partial charge is 0.396 e. The molecule has 0 aromatic carbocycles. The second-order valence-electron chi connectivity index (χ2n) is 5.98. The quantitative estimate of drug-likeness (QED) is 0.862. The van der Waals surface area contributed by atoms with Crippen LogP contribution in [0, 0.1) is 19.8 Å². The molecule has 1 fully saturated rings. The van der Waals surface area contributed by atoms with E-state index in [4.69, 9.17) is 0 Å². The zero-order valence-corrected chi connectivity index (χ0v) is 12.5. The Morgan fingerprint density at radius 3 is 2.90 bits per heavy atom. The lowest BCUT2D eigenvalue weighted by atomic mass is 9.94. The molecule has 0 radical (unpaired) electrons. The minimum Gasteiger partial charge on any atom is -0.396 e. The molecule has 1 aliphatic heterocycles. The number of aryl methyl sites for hydroxylation is 2. The van der Waals surface area contributed by atoms with E-state index < -0.39 is 6.10 Å². The molecule has 3 heterocycles. The number of aliphatic hydroxyl groups is 2. The Morgan fingerprint density at radius 2 is 2.19 bits per heavy atom. The van der Waals surface area contributed by atoms with Gasteiger partial charge >= 0.3 is 0 Å². The molecule has 0 bridgehead atoms. The van der Waals surface area contributed by atoms with Crippen LogP contribution in [-0.4, -0.2) is 55.5 Å². The number of β-amino-alcohol motifs (C(OH)–C–C–N with tert-alkyl or cyclic N) is 1. The lowest BCUT2D eigenvalue weighted by molar-refractivity contribution is -0.00434. The van der Waals surface area contributed by atoms with Crippen molar-refractivity contribution in [3.63, 3.8) is 0 Å². The van der Waals surface area contributed by atoms with Crippen LogP contribution in [0.25, 0.3) is 5.65 Å². The van der Waals surface area contributed by atoms with Gasteiger partial charge in [0, 0.05) is 42.6 Å². The van der Waals surface area contributed by atoms with E-state index in [1.165, 1.54) is 0 Å². The van der Waals surface area contributed by atoms with E-state index >= 15 is 0 Å². The number of aliphatic hydroxyl groups excluding tert-OH is 2. The molecule has 0 unspecified atom stereocenters. The van der Waals surface area contributed by atoms with Gasteiger partial charge in [-0.1, -0.05) is 0 Å². The summed E-state index contributed by atoms with van der Waals surface area (Å²) in [6.45, 7) is 6.27. The van der Waals surface area contributed by atoms with Crippen molar-refractivity contribution < 1.29 is 10.2 Å². The third-order valence-corrected chi connectivity index (χ3v) is 4.28. The van der Waals surface area contributed by atoms with Crippen molar-refractivity contribution in [1.29, 1.82) is 0 Å². The first-order valence-corrected chi connectivity index (χ1v) is 7.40. The molecule has 2 aromatic heterocycles. The minimum absolute atomic E-state index is 0.00719. The zero-order valence-electron chi connectivity index (χ0n) is 12.5. The molecule has 114 valence electrons. The Hall–Kier alpha value is -1.50. The van der Waals surface area contributed by atoms with Crippen LogP contribution < -0.4 is 0 Å². The van der Waals surface area contributed by atoms with Gasteiger partial charge in [-0.2, -0.15) is 5.10 Å². The van der Waals surface area contributed by atoms with Crippen molar-refractivity contribution in [3.05, 3.63) is 29.2 Å². The highest BCUT2D eigenvalue weighted by molar-refractivity contribution is 5.47. The number of hydrogen-bond donors (Lipinski definition) is 2. The van der Waals surface area contributed by atoms with Crippen LogP contribution in [0.2, 0.25) is 0 Å². The normalized spacial score (nSPS) is 23.8. The summed E-state index contributed by atoms with van der Waals surface area (Å²) in [6, 6.07) is 2.01. The van der Waals surface area contributed by atoms with Gasteiger partial charge in [0.15, 0.2) is 5.65 Å². The minimum atomic E-state index is -0.456. The van der Waals surface area contributed by atoms with E-state index in [1.54, 1.807) is 0 Å². The van der Waals surface area contributed by atoms with Gasteiger partial charge in [0.2, 0.25) is 0 Å². The summed E-state index contributed by atoms with van der Waals surface area (Å²) < 4.78 is 1.86. The molecule has 0 amide bonds. The summed E-state index contributed by atoms with van der Waals surface area (Å²) in [5.74, 6) is 0.00719. The van der Waals surface area contributed by atoms with Gasteiger partial charge in [-0.25, -0.2) is 9.50 Å². The van der Waals surface area contributed by atoms with Gasteiger partial charge in [-0.05, 0) is 32.9 Å². The van der Waals surface area contributed by atoms with Crippen molar-refractivity contribution in [2.75, 3.05) is 19.7 Å². The van der Waals surface area contributed by atoms with Gasteiger partial charge in [0.25, 0.3) is 0 Å². The van der Waals surface area contributed by atoms with Crippen LogP contribution in [0.4, 0.5) is 0 Å². The fourth-order valence-electron chi connectivity index (χ4n) is 3.07. The van der Waals surface area contributed by atoms with E-state index in [0.717, 1.165) is 42.1 Å². The Morgan fingerprint density at radius 1 is 1.38 bits per heavy atom. The number of likely N-dealkylation sites (tertiary alicyclic amines) is 1. The number of fused-ring (bicyclic) bond motifs is 1. The molecule has 21 heavy (non-hydrogen) atoms. The Labute approximate surface area is 124 Å². The molecular formula is C15H22N4O2. The SMILES string of the molecule is Cc1cc(C)n2ncc(CN3CC[C@H](CO)[C@H](O)C3)c2n1. The number of aromatic nitrogens is 3. The van der Waals surface area contributed by atoms with Gasteiger partial charge in [-0.15, -0.1) is 0 Å². The second kappa shape index (κ2) is 5.71. The summed E-state index contributed by atoms with van der Waals surface area (Å²) in [4.78, 5) is 6.78. The topological polar surface area (TPSA) is 73.9 Å². The molecule has 3 rings (SSSR count). The van der Waals surface area contributed by atoms with Crippen LogP contribution in [0.3, 0.4) is 0 Å². The Balaban J connectivity index is 1.80. The van der Waals surface area contributed by atoms with Crippen molar-refractivity contribution in [2.45, 2.75) is 32.9 Å². The first kappa shape index (κ1) is 14.4. The van der Waals surface area contributed by atoms with Crippen molar-refractivity contribution in [3.8, 4) is 0 Å². The fraction of sp³-hybridized carbons (Fsp3) is 0.600. The maximum absolute atomic E-state index is 10.0. The van der Waals surface area contributed by atoms with Gasteiger partial charge < -0.3 is 10.2 Å². The smallest absolute Gasteiger partial charge is 0.159 e. The maximum Gasteiger partial charge on any atom is 0.159 e. The molecule has 2 atom stereocenters. The summed E-state index contributed by atoms with van der Waals surface area (Å²) in [6.07, 6.45) is 2.23. The fourth-order valence-corrected chi connectivity index (χ4v) is 3.07. The summed E-state index contributed by atoms with van der Waals surface area (Å²) in [7, 11) is 0. The Bertz CT molecular complexity index is 640. The molecule has 1 aliphatic rings. The van der Waals surface area contributed by atoms with E-state index in [0.29, 0.717) is 6.54 Å². The first-order valence-electron chi connectivity index (χ1n) is 7.40. The number of rotatable bonds is 3. The monoisotopic (exact) mass is 290 g/mol. The lowest BCUT2D eigenvalue weighted by Gasteiger charge is -2.34. The average Bonchev–Trinajstić information content (AvgIpc) is 2.82. The number of nitrogens with zero attached hydrogens (tertiary/aromatic N) is 4. The van der Waals surface area contributed by atoms with Crippen molar-refractivity contribution in [1.82, 2.24) is 19.5 Å². The van der Waals surface area contributed by atoms with Gasteiger partial charge in [0.05, 0.1) is 12.3 Å². The van der Waals surface area contributed by atoms with E-state index in [1.807, 2.05) is 30.6 Å². The van der Waals surface area contributed by atoms with Gasteiger partial charge in [0.1, 0.15) is 0 Å². The standard InChI is InChI=1S/C15H22N4O2/c1-10-5-11(2)19-15(17-10)13(6-16-19)7-18-4-3-12(9-20)14(21)8-18/h5-6,12,14,20-21H,3-4,7-9H2,1-2H3/t12-,14-/m1/s1. The van der Waals surface area contributed by atoms with Crippen LogP contribution >= 0.6 is 0 Å². The maximum atomic E-state index is 10.0. The average molecular weight is 290 g/mol. The van der Waals surface area contributed by atoms with E-state index in [-0.39, 0.29) is 12.5 Å². The summed E-state index contributed by atoms with van der Waals surface area (Å²) in [5, 5.41) is 23.6. The van der Waals surface area contributed by atoms with Crippen molar-refractivity contribution in [2.24, 2.45) is 5.92 Å². The molecule has 6 heteroatoms. The van der Waals surface area contributed by atoms with Crippen LogP contribution in [0.1, 0.15) is 23.4 Å². The zero-order chi connectivity index (χ0) is 15.0. The highest BCUT2D eigenvalue weighted by Gasteiger charge is 2.27. The second-order valence-corrected chi connectivity index (χ2v) is 5.98. The van der Waals surface area contributed by atoms with E-state index in [2.05, 4.69) is 15.0 Å². The highest BCUT2D eigenvalue weighted by atomic mass is 16.3. The highest BCUT2D eigenvalue weighted by Crippen LogP contribution is 2.20. The summed E-state index contributed by atoms with van der Waals surface area (Å²) in [5.41, 5.74) is 4.03. The summed E-state index contributed by atoms with van der Waals surface area (Å²) >= 11 is 0. The molecule has 0 saturated carbocycles. The molecule has 2 N–H and O–H groups in total. The molecule has 0 aliphatic carbocycles. The number of piperidine rings is 1. The first-order chi connectivity index (χ1) is 10.1. The van der Waals surface area contributed by atoms with Crippen LogP contribution in [0.15, 0.2) is 12.3 Å². The molecule has 1 saturated heterocycles. The molecule has 6 nitrogen and oxygen atoms in total.